The molecular weight excluding hydrogens is 516 g/mol. The van der Waals surface area contributed by atoms with Crippen molar-refractivity contribution in [2.75, 3.05) is 25.4 Å². The molecule has 4 atom stereocenters. The van der Waals surface area contributed by atoms with Crippen molar-refractivity contribution in [1.29, 1.82) is 0 Å². The second-order valence-corrected chi connectivity index (χ2v) is 12.2. The fourth-order valence-electron chi connectivity index (χ4n) is 4.95. The lowest BCUT2D eigenvalue weighted by Crippen LogP contribution is -2.60. The molecule has 0 saturated carbocycles. The molecule has 2 aromatic carbocycles. The van der Waals surface area contributed by atoms with E-state index in [-0.39, 0.29) is 31.4 Å². The zero-order chi connectivity index (χ0) is 27.3. The molecule has 2 heterocycles. The van der Waals surface area contributed by atoms with E-state index in [0.717, 1.165) is 11.6 Å². The van der Waals surface area contributed by atoms with E-state index in [4.69, 9.17) is 4.74 Å². The Hall–Kier alpha value is -2.44. The average Bonchev–Trinajstić information content (AvgIpc) is 3.30. The molecule has 2 aromatic rings. The molecule has 1 amide bonds. The van der Waals surface area contributed by atoms with Crippen molar-refractivity contribution in [3.8, 4) is 0 Å². The monoisotopic (exact) mass is 551 g/mol. The number of aliphatic hydroxyl groups excluding tert-OH is 1. The number of amides is 1. The van der Waals surface area contributed by atoms with E-state index in [9.17, 15) is 27.1 Å². The molecule has 4 rings (SSSR count). The van der Waals surface area contributed by atoms with Crippen molar-refractivity contribution in [1.82, 2.24) is 14.9 Å². The Balaban J connectivity index is 1.39. The Kier molecular flexibility index (Phi) is 9.48. The number of sulfonamides is 1. The summed E-state index contributed by atoms with van der Waals surface area (Å²) >= 11 is 0. The first-order chi connectivity index (χ1) is 18.1. The van der Waals surface area contributed by atoms with E-state index in [1.807, 2.05) is 30.3 Å². The van der Waals surface area contributed by atoms with Crippen LogP contribution in [0.3, 0.4) is 0 Å². The molecule has 38 heavy (non-hydrogen) atoms. The van der Waals surface area contributed by atoms with Gasteiger partial charge in [0.15, 0.2) is 0 Å². The SMILES string of the molecule is CCCS(=O)(=O)N1CC(C(=O)N[C@H](Cc2cc(F)cc(F)c2)[C@@H](O)[C@H]2C[C@@H](OCc3ccccc3)CN2)C1. The molecule has 11 heteroatoms. The largest absolute Gasteiger partial charge is 0.389 e. The number of nitrogens with one attached hydrogen (secondary N) is 2. The first-order valence-corrected chi connectivity index (χ1v) is 14.6. The van der Waals surface area contributed by atoms with Crippen LogP contribution in [-0.4, -0.2) is 73.4 Å². The van der Waals surface area contributed by atoms with Gasteiger partial charge in [0.1, 0.15) is 11.6 Å². The summed E-state index contributed by atoms with van der Waals surface area (Å²) in [4.78, 5) is 13.0. The highest BCUT2D eigenvalue weighted by atomic mass is 32.2. The molecule has 0 bridgehead atoms. The minimum absolute atomic E-state index is 0.000126. The Morgan fingerprint density at radius 2 is 1.84 bits per heavy atom. The number of rotatable bonds is 12. The van der Waals surface area contributed by atoms with Gasteiger partial charge in [-0.15, -0.1) is 0 Å². The van der Waals surface area contributed by atoms with Gasteiger partial charge in [0.2, 0.25) is 15.9 Å². The van der Waals surface area contributed by atoms with Crippen LogP contribution in [0, 0.1) is 17.6 Å². The summed E-state index contributed by atoms with van der Waals surface area (Å²) in [6, 6.07) is 11.6. The highest BCUT2D eigenvalue weighted by molar-refractivity contribution is 7.89. The summed E-state index contributed by atoms with van der Waals surface area (Å²) < 4.78 is 59.4. The Bertz CT molecular complexity index is 1170. The van der Waals surface area contributed by atoms with Gasteiger partial charge >= 0.3 is 0 Å². The lowest BCUT2D eigenvalue weighted by molar-refractivity contribution is -0.130. The number of hydrogen-bond donors (Lipinski definition) is 3. The summed E-state index contributed by atoms with van der Waals surface area (Å²) in [7, 11) is -3.39. The first-order valence-electron chi connectivity index (χ1n) is 12.9. The molecule has 2 aliphatic heterocycles. The van der Waals surface area contributed by atoms with Crippen LogP contribution in [0.5, 0.6) is 0 Å². The predicted octanol–water partition coefficient (Wildman–Crippen LogP) is 1.97. The molecule has 0 aromatic heterocycles. The van der Waals surface area contributed by atoms with Gasteiger partial charge in [-0.3, -0.25) is 4.79 Å². The smallest absolute Gasteiger partial charge is 0.226 e. The van der Waals surface area contributed by atoms with Gasteiger partial charge in [-0.2, -0.15) is 0 Å². The van der Waals surface area contributed by atoms with Gasteiger partial charge in [-0.1, -0.05) is 37.3 Å². The maximum absolute atomic E-state index is 13.8. The predicted molar refractivity (Wildman–Crippen MR) is 139 cm³/mol. The Morgan fingerprint density at radius 1 is 1.16 bits per heavy atom. The van der Waals surface area contributed by atoms with Crippen molar-refractivity contribution < 1.29 is 31.8 Å². The quantitative estimate of drug-likeness (QED) is 0.372. The molecular formula is C27H35F2N3O5S. The second-order valence-electron chi connectivity index (χ2n) is 10.1. The highest BCUT2D eigenvalue weighted by Crippen LogP contribution is 2.23. The molecule has 0 aliphatic carbocycles. The van der Waals surface area contributed by atoms with E-state index in [2.05, 4.69) is 10.6 Å². The van der Waals surface area contributed by atoms with Gasteiger partial charge < -0.3 is 20.5 Å². The van der Waals surface area contributed by atoms with Crippen LogP contribution in [0.4, 0.5) is 8.78 Å². The van der Waals surface area contributed by atoms with Crippen LogP contribution < -0.4 is 10.6 Å². The van der Waals surface area contributed by atoms with Crippen molar-refractivity contribution in [2.45, 2.75) is 57.1 Å². The van der Waals surface area contributed by atoms with Crippen LogP contribution in [0.15, 0.2) is 48.5 Å². The van der Waals surface area contributed by atoms with Crippen molar-refractivity contribution in [2.24, 2.45) is 5.92 Å². The Morgan fingerprint density at radius 3 is 2.50 bits per heavy atom. The molecule has 208 valence electrons. The number of hydrogen-bond acceptors (Lipinski definition) is 6. The third kappa shape index (κ3) is 7.35. The minimum atomic E-state index is -3.39. The maximum Gasteiger partial charge on any atom is 0.226 e. The van der Waals surface area contributed by atoms with Gasteiger partial charge in [0.05, 0.1) is 36.5 Å². The molecule has 2 saturated heterocycles. The second kappa shape index (κ2) is 12.6. The normalized spacial score (nSPS) is 22.1. The number of carbonyl (C=O) groups is 1. The van der Waals surface area contributed by atoms with Gasteiger partial charge in [-0.25, -0.2) is 21.5 Å². The first kappa shape index (κ1) is 28.6. The number of benzene rings is 2. The van der Waals surface area contributed by atoms with Crippen LogP contribution >= 0.6 is 0 Å². The summed E-state index contributed by atoms with van der Waals surface area (Å²) in [5.41, 5.74) is 1.33. The Labute approximate surface area is 222 Å². The number of aliphatic hydroxyl groups is 1. The van der Waals surface area contributed by atoms with Gasteiger partial charge in [0, 0.05) is 31.7 Å². The fraction of sp³-hybridized carbons (Fsp3) is 0.519. The zero-order valence-electron chi connectivity index (χ0n) is 21.4. The van der Waals surface area contributed by atoms with E-state index in [0.29, 0.717) is 31.6 Å². The standard InChI is InChI=1S/C27H35F2N3O5S/c1-2-8-38(35,36)32-15-20(16-32)27(34)31-25(11-19-9-21(28)12-22(29)10-19)26(33)24-13-23(14-30-24)37-17-18-6-4-3-5-7-18/h3-7,9-10,12,20,23-26,30,33H,2,8,11,13-17H2,1H3,(H,31,34)/t23-,24-,25-,26+/m1/s1. The molecule has 0 radical (unpaired) electrons. The average molecular weight is 552 g/mol. The fourth-order valence-corrected chi connectivity index (χ4v) is 6.54. The van der Waals surface area contributed by atoms with Crippen molar-refractivity contribution in [3.05, 3.63) is 71.3 Å². The number of halogens is 2. The lowest BCUT2D eigenvalue weighted by atomic mass is 9.93. The highest BCUT2D eigenvalue weighted by Gasteiger charge is 2.41. The summed E-state index contributed by atoms with van der Waals surface area (Å²) in [6.45, 7) is 2.86. The van der Waals surface area contributed by atoms with Crippen molar-refractivity contribution >= 4 is 15.9 Å². The lowest BCUT2D eigenvalue weighted by Gasteiger charge is -2.38. The zero-order valence-corrected chi connectivity index (χ0v) is 22.2. The van der Waals surface area contributed by atoms with E-state index < -0.39 is 51.7 Å². The van der Waals surface area contributed by atoms with E-state index in [1.54, 1.807) is 6.92 Å². The number of nitrogens with zero attached hydrogens (tertiary/aromatic N) is 1. The summed E-state index contributed by atoms with van der Waals surface area (Å²) in [6.07, 6.45) is -0.250. The van der Waals surface area contributed by atoms with Crippen LogP contribution in [0.25, 0.3) is 0 Å². The van der Waals surface area contributed by atoms with Crippen molar-refractivity contribution in [3.63, 3.8) is 0 Å². The van der Waals surface area contributed by atoms with Gasteiger partial charge in [0.25, 0.3) is 0 Å². The van der Waals surface area contributed by atoms with Gasteiger partial charge in [-0.05, 0) is 42.5 Å². The summed E-state index contributed by atoms with van der Waals surface area (Å²) in [5, 5.41) is 17.3. The third-order valence-electron chi connectivity index (χ3n) is 7.06. The molecule has 2 aliphatic rings. The molecule has 2 fully saturated rings. The van der Waals surface area contributed by atoms with E-state index in [1.165, 1.54) is 16.4 Å². The van der Waals surface area contributed by atoms with Crippen LogP contribution in [-0.2, 0) is 32.6 Å². The topological polar surface area (TPSA) is 108 Å². The maximum atomic E-state index is 13.8. The van der Waals surface area contributed by atoms with E-state index >= 15 is 0 Å². The molecule has 0 spiro atoms. The van der Waals surface area contributed by atoms with Crippen LogP contribution in [0.1, 0.15) is 30.9 Å². The summed E-state index contributed by atoms with van der Waals surface area (Å²) in [5.74, 6) is -2.43. The molecule has 8 nitrogen and oxygen atoms in total. The van der Waals surface area contributed by atoms with Crippen LogP contribution in [0.2, 0.25) is 0 Å². The molecule has 3 N–H and O–H groups in total. The minimum Gasteiger partial charge on any atom is -0.389 e. The number of ether oxygens (including phenoxy) is 1. The molecule has 0 unspecified atom stereocenters. The third-order valence-corrected chi connectivity index (χ3v) is 9.07. The number of carbonyl (C=O) groups excluding carboxylic acids is 1.